The molecule has 0 saturated carbocycles. The van der Waals surface area contributed by atoms with Crippen LogP contribution in [-0.2, 0) is 10.0 Å². The predicted octanol–water partition coefficient (Wildman–Crippen LogP) is 2.78. The number of nitrogens with one attached hydrogen (secondary N) is 1. The number of benzene rings is 2. The number of likely N-dealkylation sites (tertiary alicyclic amines) is 1. The Labute approximate surface area is 166 Å². The molecule has 0 atom stereocenters. The van der Waals surface area contributed by atoms with Crippen molar-refractivity contribution in [2.45, 2.75) is 30.7 Å². The van der Waals surface area contributed by atoms with Crippen LogP contribution in [-0.4, -0.2) is 38.4 Å². The fraction of sp³-hybridized carbons (Fsp3) is 0.316. The second kappa shape index (κ2) is 8.73. The molecule has 1 aliphatic heterocycles. The van der Waals surface area contributed by atoms with Gasteiger partial charge in [-0.1, -0.05) is 18.2 Å². The van der Waals surface area contributed by atoms with E-state index in [1.807, 2.05) is 13.0 Å². The average Bonchev–Trinajstić information content (AvgIpc) is 2.61. The summed E-state index contributed by atoms with van der Waals surface area (Å²) in [6.07, 6.45) is 1.53. The van der Waals surface area contributed by atoms with E-state index in [1.54, 1.807) is 35.2 Å². The Morgan fingerprint density at radius 2 is 1.78 bits per heavy atom. The molecule has 8 heteroatoms. The first kappa shape index (κ1) is 21.2. The van der Waals surface area contributed by atoms with E-state index in [0.717, 1.165) is 18.4 Å². The number of hydrogen-bond acceptors (Lipinski definition) is 4. The molecule has 3 N–H and O–H groups in total. The maximum absolute atomic E-state index is 12.7. The fourth-order valence-corrected chi connectivity index (χ4v) is 4.10. The summed E-state index contributed by atoms with van der Waals surface area (Å²) < 4.78 is 27.9. The zero-order chi connectivity index (χ0) is 18.7. The van der Waals surface area contributed by atoms with Crippen molar-refractivity contribution >= 4 is 34.0 Å². The molecule has 2 aromatic carbocycles. The zero-order valence-corrected chi connectivity index (χ0v) is 16.7. The van der Waals surface area contributed by atoms with Gasteiger partial charge in [0.2, 0.25) is 0 Å². The fourth-order valence-electron chi connectivity index (χ4n) is 3.00. The molecule has 0 aromatic heterocycles. The molecule has 1 aliphatic rings. The second-order valence-corrected chi connectivity index (χ2v) is 8.31. The number of rotatable bonds is 4. The Kier molecular flexibility index (Phi) is 6.86. The van der Waals surface area contributed by atoms with Crippen molar-refractivity contribution in [2.24, 2.45) is 5.73 Å². The number of aryl methyl sites for hydroxylation is 1. The molecular weight excluding hydrogens is 386 g/mol. The van der Waals surface area contributed by atoms with E-state index < -0.39 is 10.0 Å². The van der Waals surface area contributed by atoms with Crippen LogP contribution in [0.5, 0.6) is 0 Å². The summed E-state index contributed by atoms with van der Waals surface area (Å²) in [5.74, 6) is -0.162. The summed E-state index contributed by atoms with van der Waals surface area (Å²) in [5.41, 5.74) is 7.69. The summed E-state index contributed by atoms with van der Waals surface area (Å²) >= 11 is 0. The van der Waals surface area contributed by atoms with E-state index in [4.69, 9.17) is 5.73 Å². The van der Waals surface area contributed by atoms with E-state index in [2.05, 4.69) is 4.72 Å². The highest BCUT2D eigenvalue weighted by Gasteiger charge is 2.23. The van der Waals surface area contributed by atoms with Gasteiger partial charge in [0.25, 0.3) is 15.9 Å². The Balaban J connectivity index is 0.00000261. The summed E-state index contributed by atoms with van der Waals surface area (Å²) in [6, 6.07) is 13.4. The molecule has 0 aliphatic carbocycles. The Bertz CT molecular complexity index is 910. The minimum atomic E-state index is -3.77. The maximum Gasteiger partial charge on any atom is 0.261 e. The lowest BCUT2D eigenvalue weighted by atomic mass is 10.0. The summed E-state index contributed by atoms with van der Waals surface area (Å²) in [5, 5.41) is 0. The standard InChI is InChI=1S/C19H23N3O3S.ClH/c1-14-4-2-6-17(12-14)21-26(24,25)18-7-3-5-15(13-18)19(23)22-10-8-16(20)9-11-22;/h2-7,12-13,16,21H,8-11,20H2,1H3;1H. The van der Waals surface area contributed by atoms with Crippen LogP contribution in [0.3, 0.4) is 0 Å². The van der Waals surface area contributed by atoms with Crippen molar-refractivity contribution in [1.82, 2.24) is 4.90 Å². The van der Waals surface area contributed by atoms with Crippen molar-refractivity contribution in [3.8, 4) is 0 Å². The van der Waals surface area contributed by atoms with Gasteiger partial charge in [0.05, 0.1) is 4.90 Å². The lowest BCUT2D eigenvalue weighted by molar-refractivity contribution is 0.0714. The van der Waals surface area contributed by atoms with Crippen molar-refractivity contribution in [1.29, 1.82) is 0 Å². The minimum absolute atomic E-state index is 0. The smallest absolute Gasteiger partial charge is 0.261 e. The van der Waals surface area contributed by atoms with Crippen molar-refractivity contribution in [3.63, 3.8) is 0 Å². The molecular formula is C19H24ClN3O3S. The van der Waals surface area contributed by atoms with E-state index >= 15 is 0 Å². The third-order valence-electron chi connectivity index (χ3n) is 4.49. The molecule has 0 unspecified atom stereocenters. The quantitative estimate of drug-likeness (QED) is 0.812. The van der Waals surface area contributed by atoms with Gasteiger partial charge in [0.15, 0.2) is 0 Å². The highest BCUT2D eigenvalue weighted by Crippen LogP contribution is 2.20. The SMILES string of the molecule is Cc1cccc(NS(=O)(=O)c2cccc(C(=O)N3CCC(N)CC3)c2)c1.Cl. The molecule has 1 saturated heterocycles. The molecule has 1 amide bonds. The van der Waals surface area contributed by atoms with Gasteiger partial charge in [0.1, 0.15) is 0 Å². The predicted molar refractivity (Wildman–Crippen MR) is 109 cm³/mol. The molecule has 6 nitrogen and oxygen atoms in total. The molecule has 0 spiro atoms. The van der Waals surface area contributed by atoms with Gasteiger partial charge in [-0.3, -0.25) is 9.52 Å². The normalized spacial score (nSPS) is 15.1. The lowest BCUT2D eigenvalue weighted by Gasteiger charge is -2.30. The third kappa shape index (κ3) is 5.22. The number of anilines is 1. The van der Waals surface area contributed by atoms with Crippen LogP contribution >= 0.6 is 12.4 Å². The molecule has 3 rings (SSSR count). The Morgan fingerprint density at radius 3 is 2.44 bits per heavy atom. The van der Waals surface area contributed by atoms with Crippen LogP contribution < -0.4 is 10.5 Å². The number of amides is 1. The zero-order valence-electron chi connectivity index (χ0n) is 15.1. The minimum Gasteiger partial charge on any atom is -0.339 e. The first-order valence-corrected chi connectivity index (χ1v) is 10.1. The summed E-state index contributed by atoms with van der Waals surface area (Å²) in [4.78, 5) is 14.5. The van der Waals surface area contributed by atoms with Crippen LogP contribution in [0, 0.1) is 6.92 Å². The topological polar surface area (TPSA) is 92.5 Å². The van der Waals surface area contributed by atoms with Gasteiger partial charge >= 0.3 is 0 Å². The van der Waals surface area contributed by atoms with Crippen LogP contribution in [0.15, 0.2) is 53.4 Å². The average molecular weight is 410 g/mol. The van der Waals surface area contributed by atoms with Gasteiger partial charge in [0, 0.05) is 30.4 Å². The van der Waals surface area contributed by atoms with Crippen LogP contribution in [0.2, 0.25) is 0 Å². The van der Waals surface area contributed by atoms with Gasteiger partial charge in [-0.2, -0.15) is 0 Å². The van der Waals surface area contributed by atoms with Gasteiger partial charge in [-0.15, -0.1) is 12.4 Å². The number of hydrogen-bond donors (Lipinski definition) is 2. The molecule has 0 radical (unpaired) electrons. The number of carbonyl (C=O) groups is 1. The number of halogens is 1. The van der Waals surface area contributed by atoms with Gasteiger partial charge in [-0.05, 0) is 55.7 Å². The first-order chi connectivity index (χ1) is 12.3. The number of piperidine rings is 1. The second-order valence-electron chi connectivity index (χ2n) is 6.63. The summed E-state index contributed by atoms with van der Waals surface area (Å²) in [7, 11) is -3.77. The first-order valence-electron chi connectivity index (χ1n) is 8.59. The number of sulfonamides is 1. The highest BCUT2D eigenvalue weighted by atomic mass is 35.5. The van der Waals surface area contributed by atoms with Gasteiger partial charge in [-0.25, -0.2) is 8.42 Å². The van der Waals surface area contributed by atoms with E-state index in [9.17, 15) is 13.2 Å². The lowest BCUT2D eigenvalue weighted by Crippen LogP contribution is -2.42. The molecule has 27 heavy (non-hydrogen) atoms. The Morgan fingerprint density at radius 1 is 1.11 bits per heavy atom. The maximum atomic E-state index is 12.7. The van der Waals surface area contributed by atoms with Gasteiger partial charge < -0.3 is 10.6 Å². The molecule has 1 heterocycles. The summed E-state index contributed by atoms with van der Waals surface area (Å²) in [6.45, 7) is 3.08. The van der Waals surface area contributed by atoms with Crippen LogP contribution in [0.25, 0.3) is 0 Å². The molecule has 1 fully saturated rings. The van der Waals surface area contributed by atoms with E-state index in [-0.39, 0.29) is 29.3 Å². The van der Waals surface area contributed by atoms with Crippen LogP contribution in [0.1, 0.15) is 28.8 Å². The molecule has 146 valence electrons. The molecule has 0 bridgehead atoms. The Hall–Kier alpha value is -2.09. The third-order valence-corrected chi connectivity index (χ3v) is 5.87. The number of nitrogens with two attached hydrogens (primary N) is 1. The van der Waals surface area contributed by atoms with Crippen LogP contribution in [0.4, 0.5) is 5.69 Å². The largest absolute Gasteiger partial charge is 0.339 e. The van der Waals surface area contributed by atoms with Crippen molar-refractivity contribution < 1.29 is 13.2 Å². The number of nitrogens with zero attached hydrogens (tertiary/aromatic N) is 1. The highest BCUT2D eigenvalue weighted by molar-refractivity contribution is 7.92. The number of carbonyl (C=O) groups excluding carboxylic acids is 1. The van der Waals surface area contributed by atoms with E-state index in [1.165, 1.54) is 12.1 Å². The van der Waals surface area contributed by atoms with Crippen molar-refractivity contribution in [2.75, 3.05) is 17.8 Å². The monoisotopic (exact) mass is 409 g/mol. The van der Waals surface area contributed by atoms with Crippen molar-refractivity contribution in [3.05, 3.63) is 59.7 Å². The molecule has 2 aromatic rings. The van der Waals surface area contributed by atoms with E-state index in [0.29, 0.717) is 24.3 Å².